The van der Waals surface area contributed by atoms with Crippen molar-refractivity contribution >= 4 is 0 Å². The maximum atomic E-state index is 11.5. The minimum Gasteiger partial charge on any atom is -0.497 e. The van der Waals surface area contributed by atoms with Gasteiger partial charge in [0.25, 0.3) is 0 Å². The van der Waals surface area contributed by atoms with Gasteiger partial charge in [-0.15, -0.1) is 6.58 Å². The summed E-state index contributed by atoms with van der Waals surface area (Å²) in [6.45, 7) is 3.68. The fourth-order valence-electron chi connectivity index (χ4n) is 3.81. The Morgan fingerprint density at radius 1 is 0.724 bits per heavy atom. The van der Waals surface area contributed by atoms with Crippen molar-refractivity contribution in [2.75, 3.05) is 14.2 Å². The Labute approximate surface area is 171 Å². The molecular formula is C25H26O4. The van der Waals surface area contributed by atoms with Gasteiger partial charge in [-0.25, -0.2) is 0 Å². The molecule has 150 valence electrons. The van der Waals surface area contributed by atoms with Crippen LogP contribution in [0.2, 0.25) is 0 Å². The normalized spacial score (nSPS) is 13.4. The van der Waals surface area contributed by atoms with E-state index in [2.05, 4.69) is 6.58 Å². The Balaban J connectivity index is 2.35. The third kappa shape index (κ3) is 3.77. The largest absolute Gasteiger partial charge is 0.497 e. The molecule has 0 aliphatic heterocycles. The first-order valence-corrected chi connectivity index (χ1v) is 9.41. The topological polar surface area (TPSA) is 58.9 Å². The SMILES string of the molecule is C=CC(O)C(O)C(c1ccccc1)(c1ccc(OC)cc1)c1ccc(OC)cc1. The van der Waals surface area contributed by atoms with Crippen LogP contribution < -0.4 is 9.47 Å². The highest BCUT2D eigenvalue weighted by molar-refractivity contribution is 5.54. The van der Waals surface area contributed by atoms with E-state index < -0.39 is 17.6 Å². The van der Waals surface area contributed by atoms with Crippen LogP contribution >= 0.6 is 0 Å². The molecule has 0 aliphatic rings. The van der Waals surface area contributed by atoms with Crippen molar-refractivity contribution in [3.05, 3.63) is 108 Å². The van der Waals surface area contributed by atoms with Gasteiger partial charge in [0.1, 0.15) is 17.6 Å². The zero-order valence-corrected chi connectivity index (χ0v) is 16.7. The molecule has 0 aliphatic carbocycles. The molecule has 0 heterocycles. The first kappa shape index (κ1) is 20.6. The Kier molecular flexibility index (Phi) is 6.37. The van der Waals surface area contributed by atoms with Gasteiger partial charge in [0.15, 0.2) is 0 Å². The van der Waals surface area contributed by atoms with E-state index in [0.717, 1.165) is 16.7 Å². The number of rotatable bonds is 8. The molecule has 0 bridgehead atoms. The lowest BCUT2D eigenvalue weighted by molar-refractivity contribution is 0.0160. The lowest BCUT2D eigenvalue weighted by Gasteiger charge is -2.41. The first-order chi connectivity index (χ1) is 14.1. The predicted octanol–water partition coefficient (Wildman–Crippen LogP) is 3.95. The summed E-state index contributed by atoms with van der Waals surface area (Å²) in [6, 6.07) is 24.7. The molecule has 2 atom stereocenters. The number of hydrogen-bond donors (Lipinski definition) is 2. The molecule has 4 nitrogen and oxygen atoms in total. The predicted molar refractivity (Wildman–Crippen MR) is 115 cm³/mol. The van der Waals surface area contributed by atoms with Crippen molar-refractivity contribution in [2.24, 2.45) is 0 Å². The molecule has 29 heavy (non-hydrogen) atoms. The maximum Gasteiger partial charge on any atom is 0.118 e. The van der Waals surface area contributed by atoms with E-state index in [0.29, 0.717) is 11.5 Å². The van der Waals surface area contributed by atoms with Crippen LogP contribution in [-0.2, 0) is 5.41 Å². The van der Waals surface area contributed by atoms with Gasteiger partial charge >= 0.3 is 0 Å². The van der Waals surface area contributed by atoms with Gasteiger partial charge in [-0.1, -0.05) is 60.7 Å². The number of benzene rings is 3. The molecule has 0 spiro atoms. The summed E-state index contributed by atoms with van der Waals surface area (Å²) >= 11 is 0. The summed E-state index contributed by atoms with van der Waals surface area (Å²) in [7, 11) is 3.22. The van der Waals surface area contributed by atoms with Crippen molar-refractivity contribution in [2.45, 2.75) is 17.6 Å². The quantitative estimate of drug-likeness (QED) is 0.452. The van der Waals surface area contributed by atoms with E-state index in [1.807, 2.05) is 78.9 Å². The number of ether oxygens (including phenoxy) is 2. The van der Waals surface area contributed by atoms with Gasteiger partial charge in [0.2, 0.25) is 0 Å². The fraction of sp³-hybridized carbons (Fsp3) is 0.200. The zero-order chi connectivity index (χ0) is 20.9. The van der Waals surface area contributed by atoms with E-state index in [9.17, 15) is 10.2 Å². The minimum atomic E-state index is -1.18. The second-order valence-electron chi connectivity index (χ2n) is 6.80. The fourth-order valence-corrected chi connectivity index (χ4v) is 3.81. The monoisotopic (exact) mass is 390 g/mol. The molecule has 0 amide bonds. The van der Waals surface area contributed by atoms with Crippen LogP contribution in [0.3, 0.4) is 0 Å². The van der Waals surface area contributed by atoms with Crippen LogP contribution in [0.1, 0.15) is 16.7 Å². The van der Waals surface area contributed by atoms with Crippen LogP contribution in [0.15, 0.2) is 91.5 Å². The van der Waals surface area contributed by atoms with E-state index in [1.54, 1.807) is 14.2 Å². The zero-order valence-electron chi connectivity index (χ0n) is 16.7. The molecule has 0 saturated heterocycles. The third-order valence-corrected chi connectivity index (χ3v) is 5.33. The second kappa shape index (κ2) is 8.95. The van der Waals surface area contributed by atoms with Crippen molar-refractivity contribution < 1.29 is 19.7 Å². The number of hydrogen-bond acceptors (Lipinski definition) is 4. The van der Waals surface area contributed by atoms with Crippen molar-refractivity contribution in [1.29, 1.82) is 0 Å². The second-order valence-corrected chi connectivity index (χ2v) is 6.80. The van der Waals surface area contributed by atoms with E-state index >= 15 is 0 Å². The number of methoxy groups -OCH3 is 2. The number of aliphatic hydroxyl groups is 2. The third-order valence-electron chi connectivity index (χ3n) is 5.33. The molecule has 4 heteroatoms. The highest BCUT2D eigenvalue weighted by atomic mass is 16.5. The summed E-state index contributed by atoms with van der Waals surface area (Å²) in [5, 5.41) is 22.1. The molecule has 2 N–H and O–H groups in total. The standard InChI is InChI=1S/C25H26O4/c1-4-23(26)24(27)25(18-8-6-5-7-9-18,19-10-14-21(28-2)15-11-19)20-12-16-22(29-3)17-13-20/h4-17,23-24,26-27H,1H2,2-3H3. The van der Waals surface area contributed by atoms with Crippen molar-refractivity contribution in [1.82, 2.24) is 0 Å². The first-order valence-electron chi connectivity index (χ1n) is 9.41. The highest BCUT2D eigenvalue weighted by Crippen LogP contribution is 2.44. The summed E-state index contributed by atoms with van der Waals surface area (Å²) in [4.78, 5) is 0. The van der Waals surface area contributed by atoms with Crippen molar-refractivity contribution in [3.8, 4) is 11.5 Å². The van der Waals surface area contributed by atoms with Crippen LogP contribution in [-0.4, -0.2) is 36.6 Å². The lowest BCUT2D eigenvalue weighted by atomic mass is 9.64. The maximum absolute atomic E-state index is 11.5. The average Bonchev–Trinajstić information content (AvgIpc) is 2.80. The van der Waals surface area contributed by atoms with Gasteiger partial charge in [0, 0.05) is 0 Å². The van der Waals surface area contributed by atoms with E-state index in [4.69, 9.17) is 9.47 Å². The Bertz CT molecular complexity index is 870. The summed E-state index contributed by atoms with van der Waals surface area (Å²) in [5.41, 5.74) is 1.46. The Hall–Kier alpha value is -3.08. The average molecular weight is 390 g/mol. The molecule has 3 aromatic carbocycles. The molecule has 3 aromatic rings. The molecule has 3 rings (SSSR count). The van der Waals surface area contributed by atoms with Crippen LogP contribution in [0.5, 0.6) is 11.5 Å². The molecule has 0 aromatic heterocycles. The molecule has 0 fully saturated rings. The van der Waals surface area contributed by atoms with E-state index in [-0.39, 0.29) is 0 Å². The highest BCUT2D eigenvalue weighted by Gasteiger charge is 2.45. The van der Waals surface area contributed by atoms with Gasteiger partial charge in [0.05, 0.1) is 25.7 Å². The van der Waals surface area contributed by atoms with Crippen molar-refractivity contribution in [3.63, 3.8) is 0 Å². The Morgan fingerprint density at radius 2 is 1.14 bits per heavy atom. The smallest absolute Gasteiger partial charge is 0.118 e. The van der Waals surface area contributed by atoms with Crippen LogP contribution in [0.4, 0.5) is 0 Å². The summed E-state index contributed by atoms with van der Waals surface area (Å²) < 4.78 is 10.6. The van der Waals surface area contributed by atoms with Crippen LogP contribution in [0, 0.1) is 0 Å². The minimum absolute atomic E-state index is 0.712. The van der Waals surface area contributed by atoms with Gasteiger partial charge in [-0.05, 0) is 41.0 Å². The molecule has 0 saturated carbocycles. The summed E-state index contributed by atoms with van der Waals surface area (Å²) in [6.07, 6.45) is -0.960. The molecule has 0 radical (unpaired) electrons. The number of aliphatic hydroxyl groups excluding tert-OH is 2. The van der Waals surface area contributed by atoms with Gasteiger partial charge < -0.3 is 19.7 Å². The lowest BCUT2D eigenvalue weighted by Crippen LogP contribution is -2.48. The van der Waals surface area contributed by atoms with Crippen LogP contribution in [0.25, 0.3) is 0 Å². The summed E-state index contributed by atoms with van der Waals surface area (Å²) in [5.74, 6) is 1.42. The van der Waals surface area contributed by atoms with Gasteiger partial charge in [-0.2, -0.15) is 0 Å². The Morgan fingerprint density at radius 3 is 1.52 bits per heavy atom. The molecular weight excluding hydrogens is 364 g/mol. The van der Waals surface area contributed by atoms with Gasteiger partial charge in [-0.3, -0.25) is 0 Å². The molecule has 2 unspecified atom stereocenters. The van der Waals surface area contributed by atoms with E-state index in [1.165, 1.54) is 6.08 Å².